The van der Waals surface area contributed by atoms with Gasteiger partial charge in [0.2, 0.25) is 6.23 Å². The first kappa shape index (κ1) is 12.0. The van der Waals surface area contributed by atoms with E-state index in [0.29, 0.717) is 0 Å². The lowest BCUT2D eigenvalue weighted by Crippen LogP contribution is -2.36. The van der Waals surface area contributed by atoms with Gasteiger partial charge in [-0.1, -0.05) is 11.7 Å². The van der Waals surface area contributed by atoms with Crippen LogP contribution in [0, 0.1) is 0 Å². The Morgan fingerprint density at radius 2 is 2.33 bits per heavy atom. The molecule has 0 unspecified atom stereocenters. The summed E-state index contributed by atoms with van der Waals surface area (Å²) in [4.78, 5) is 27.0. The van der Waals surface area contributed by atoms with Crippen molar-refractivity contribution in [3.05, 3.63) is 55.9 Å². The molecule has 1 saturated heterocycles. The average Bonchev–Trinajstić information content (AvgIpc) is 2.58. The van der Waals surface area contributed by atoms with Crippen molar-refractivity contribution in [1.29, 1.82) is 0 Å². The lowest BCUT2D eigenvalue weighted by molar-refractivity contribution is 0.00335. The Bertz CT molecular complexity index is 641. The van der Waals surface area contributed by atoms with Crippen molar-refractivity contribution < 1.29 is 9.84 Å². The normalized spacial score (nSPS) is 26.5. The summed E-state index contributed by atoms with van der Waals surface area (Å²) < 4.78 is 6.17. The van der Waals surface area contributed by atoms with E-state index in [1.165, 1.54) is 6.20 Å². The van der Waals surface area contributed by atoms with Crippen LogP contribution in [-0.4, -0.2) is 26.8 Å². The van der Waals surface area contributed by atoms with E-state index in [-0.39, 0.29) is 5.76 Å². The van der Waals surface area contributed by atoms with Crippen LogP contribution in [-0.2, 0) is 4.74 Å². The van der Waals surface area contributed by atoms with Gasteiger partial charge >= 0.3 is 5.69 Å². The number of hydrogen-bond acceptors (Lipinski definition) is 5. The van der Waals surface area contributed by atoms with Crippen molar-refractivity contribution in [1.82, 2.24) is 9.55 Å². The molecule has 3 atom stereocenters. The molecule has 18 heavy (non-hydrogen) atoms. The summed E-state index contributed by atoms with van der Waals surface area (Å²) in [6.45, 7) is 3.49. The molecule has 0 bridgehead atoms. The maximum absolute atomic E-state index is 11.5. The van der Waals surface area contributed by atoms with Crippen LogP contribution in [0.15, 0.2) is 39.3 Å². The number of aromatic amines is 1. The lowest BCUT2D eigenvalue weighted by atomic mass is 10.1. The zero-order valence-electron chi connectivity index (χ0n) is 9.05. The average molecular weight is 251 g/mol. The smallest absolute Gasteiger partial charge is 0.331 e. The lowest BCUT2D eigenvalue weighted by Gasteiger charge is -2.16. The number of hydrogen-bond donors (Lipinski definition) is 2. The van der Waals surface area contributed by atoms with Gasteiger partial charge in [0.15, 0.2) is 0 Å². The van der Waals surface area contributed by atoms with Gasteiger partial charge in [-0.25, -0.2) is 4.79 Å². The molecule has 1 aliphatic heterocycles. The van der Waals surface area contributed by atoms with Gasteiger partial charge in [0.25, 0.3) is 5.56 Å². The molecule has 0 aromatic carbocycles. The quantitative estimate of drug-likeness (QED) is 0.421. The first-order chi connectivity index (χ1) is 8.54. The molecule has 2 rings (SSSR count). The van der Waals surface area contributed by atoms with Gasteiger partial charge in [0.05, 0.1) is 0 Å². The zero-order chi connectivity index (χ0) is 13.3. The molecule has 1 fully saturated rings. The second-order valence-corrected chi connectivity index (χ2v) is 3.63. The Hall–Kier alpha value is -2.51. The summed E-state index contributed by atoms with van der Waals surface area (Å²) >= 11 is 0. The summed E-state index contributed by atoms with van der Waals surface area (Å²) in [6.07, 6.45) is -1.16. The van der Waals surface area contributed by atoms with Gasteiger partial charge in [-0.3, -0.25) is 14.3 Å². The highest BCUT2D eigenvalue weighted by atomic mass is 16.5. The highest BCUT2D eigenvalue weighted by Gasteiger charge is 2.40. The molecule has 1 aromatic heterocycles. The number of nitrogens with one attached hydrogen (secondary N) is 1. The highest BCUT2D eigenvalue weighted by Crippen LogP contribution is 2.31. The summed E-state index contributed by atoms with van der Waals surface area (Å²) in [7, 11) is 0. The Kier molecular flexibility index (Phi) is 2.92. The van der Waals surface area contributed by atoms with Crippen LogP contribution in [0.25, 0.3) is 10.4 Å². The van der Waals surface area contributed by atoms with Crippen LogP contribution < -0.4 is 11.2 Å². The van der Waals surface area contributed by atoms with Gasteiger partial charge < -0.3 is 9.84 Å². The van der Waals surface area contributed by atoms with E-state index in [9.17, 15) is 14.7 Å². The van der Waals surface area contributed by atoms with E-state index in [1.807, 2.05) is 4.98 Å². The molecule has 94 valence electrons. The van der Waals surface area contributed by atoms with E-state index in [1.54, 1.807) is 0 Å². The Morgan fingerprint density at radius 3 is 2.94 bits per heavy atom. The molecular weight excluding hydrogens is 242 g/mol. The molecule has 0 aliphatic carbocycles. The van der Waals surface area contributed by atoms with Crippen molar-refractivity contribution in [2.45, 2.75) is 18.4 Å². The van der Waals surface area contributed by atoms with Crippen LogP contribution in [0.1, 0.15) is 6.23 Å². The molecule has 1 aromatic rings. The van der Waals surface area contributed by atoms with E-state index >= 15 is 0 Å². The first-order valence-electron chi connectivity index (χ1n) is 4.94. The number of H-pyrrole nitrogens is 1. The molecule has 2 N–H and O–H groups in total. The van der Waals surface area contributed by atoms with E-state index in [0.717, 1.165) is 10.6 Å². The minimum absolute atomic E-state index is 0.0587. The standard InChI is InChI=1S/C9H9N5O4/c1-4-6(12-13-10)7(16)8(18-4)14-3-2-5(15)11-9(14)17/h2-3,6-8,16H,1H2,(H,11,15,17)/t6-,7+,8-/m1/s1. The Balaban J connectivity index is 2.41. The molecule has 0 radical (unpaired) electrons. The van der Waals surface area contributed by atoms with Gasteiger partial charge in [-0.05, 0) is 5.53 Å². The third kappa shape index (κ3) is 1.88. The first-order valence-corrected chi connectivity index (χ1v) is 4.94. The van der Waals surface area contributed by atoms with Crippen molar-refractivity contribution in [3.63, 3.8) is 0 Å². The molecular formula is C9H9N5O4. The fraction of sp³-hybridized carbons (Fsp3) is 0.333. The molecule has 0 amide bonds. The van der Waals surface area contributed by atoms with Crippen molar-refractivity contribution >= 4 is 0 Å². The number of aromatic nitrogens is 2. The Morgan fingerprint density at radius 1 is 1.61 bits per heavy atom. The zero-order valence-corrected chi connectivity index (χ0v) is 9.05. The van der Waals surface area contributed by atoms with E-state index < -0.39 is 29.6 Å². The minimum Gasteiger partial charge on any atom is -0.472 e. The van der Waals surface area contributed by atoms with Crippen molar-refractivity contribution in [2.75, 3.05) is 0 Å². The molecule has 0 saturated carbocycles. The van der Waals surface area contributed by atoms with Crippen LogP contribution in [0.4, 0.5) is 0 Å². The van der Waals surface area contributed by atoms with Crippen LogP contribution >= 0.6 is 0 Å². The van der Waals surface area contributed by atoms with E-state index in [2.05, 4.69) is 16.6 Å². The fourth-order valence-electron chi connectivity index (χ4n) is 1.68. The summed E-state index contributed by atoms with van der Waals surface area (Å²) in [6, 6.07) is 0.139. The van der Waals surface area contributed by atoms with Crippen molar-refractivity contribution in [2.24, 2.45) is 5.11 Å². The van der Waals surface area contributed by atoms with E-state index in [4.69, 9.17) is 10.3 Å². The second-order valence-electron chi connectivity index (χ2n) is 3.63. The molecule has 2 heterocycles. The third-order valence-corrected chi connectivity index (χ3v) is 2.52. The van der Waals surface area contributed by atoms with Crippen LogP contribution in [0.2, 0.25) is 0 Å². The summed E-state index contributed by atoms with van der Waals surface area (Å²) in [5, 5.41) is 13.2. The van der Waals surface area contributed by atoms with Gasteiger partial charge in [0, 0.05) is 17.2 Å². The maximum atomic E-state index is 11.5. The number of azide groups is 1. The van der Waals surface area contributed by atoms with Crippen LogP contribution in [0.3, 0.4) is 0 Å². The Labute approximate surface area is 99.6 Å². The number of ether oxygens (including phenoxy) is 1. The number of rotatable bonds is 2. The second kappa shape index (κ2) is 4.40. The molecule has 1 aliphatic rings. The summed E-state index contributed by atoms with van der Waals surface area (Å²) in [5.74, 6) is 0.0587. The SMILES string of the molecule is C=C1O[C@@H](n2ccc(=O)[nH]c2=O)[C@@H](O)[C@@H]1N=[N+]=[N-]. The fourth-order valence-corrected chi connectivity index (χ4v) is 1.68. The third-order valence-electron chi connectivity index (χ3n) is 2.52. The number of aliphatic hydroxyl groups is 1. The predicted octanol–water partition coefficient (Wildman–Crippen LogP) is -0.381. The summed E-state index contributed by atoms with van der Waals surface area (Å²) in [5.41, 5.74) is 7.05. The predicted molar refractivity (Wildman–Crippen MR) is 59.5 cm³/mol. The monoisotopic (exact) mass is 251 g/mol. The molecule has 9 heteroatoms. The highest BCUT2D eigenvalue weighted by molar-refractivity contribution is 5.09. The van der Waals surface area contributed by atoms with Crippen LogP contribution in [0.5, 0.6) is 0 Å². The molecule has 9 nitrogen and oxygen atoms in total. The minimum atomic E-state index is -1.25. The molecule has 0 spiro atoms. The van der Waals surface area contributed by atoms with Gasteiger partial charge in [0.1, 0.15) is 17.9 Å². The topological polar surface area (TPSA) is 133 Å². The van der Waals surface area contributed by atoms with Crippen molar-refractivity contribution in [3.8, 4) is 0 Å². The number of nitrogens with zero attached hydrogens (tertiary/aromatic N) is 4. The van der Waals surface area contributed by atoms with Gasteiger partial charge in [-0.15, -0.1) is 0 Å². The largest absolute Gasteiger partial charge is 0.472 e. The number of aliphatic hydroxyl groups excluding tert-OH is 1. The van der Waals surface area contributed by atoms with Gasteiger partial charge in [-0.2, -0.15) is 0 Å². The maximum Gasteiger partial charge on any atom is 0.331 e.